The quantitative estimate of drug-likeness (QED) is 0.0261. The predicted molar refractivity (Wildman–Crippen MR) is 330 cm³/mol. The number of hydrogen-bond acceptors (Lipinski definition) is 6. The Morgan fingerprint density at radius 3 is 0.658 bits per heavy atom. The van der Waals surface area contributed by atoms with Crippen molar-refractivity contribution in [1.82, 2.24) is 0 Å². The van der Waals surface area contributed by atoms with E-state index in [2.05, 4.69) is 32.9 Å². The minimum Gasteiger partial charge on any atom is -0.462 e. The fourth-order valence-corrected chi connectivity index (χ4v) is 10.8. The van der Waals surface area contributed by atoms with Gasteiger partial charge >= 0.3 is 17.9 Å². The van der Waals surface area contributed by atoms with Gasteiger partial charge in [-0.1, -0.05) is 348 Å². The van der Waals surface area contributed by atoms with E-state index in [1.165, 1.54) is 302 Å². The summed E-state index contributed by atoms with van der Waals surface area (Å²) in [5.74, 6) is -0.833. The van der Waals surface area contributed by atoms with Gasteiger partial charge in [0.2, 0.25) is 0 Å². The summed E-state index contributed by atoms with van der Waals surface area (Å²) in [4.78, 5) is 38.4. The van der Waals surface area contributed by atoms with Crippen molar-refractivity contribution in [2.75, 3.05) is 13.2 Å². The standard InChI is InChI=1S/C70H134O6/c1-4-7-10-13-16-19-22-25-27-29-31-33-34-35-36-38-39-41-43-45-48-51-54-57-60-63-69(72)75-66-67(65-74-68(71)62-59-56-53-50-47-24-21-18-15-12-9-6-3)76-70(73)64-61-58-55-52-49-46-44-42-40-37-32-30-28-26-23-20-17-14-11-8-5-2/h30,32,67H,4-29,31,33-66H2,1-3H3/b32-30-. The first kappa shape index (κ1) is 74.2. The third-order valence-electron chi connectivity index (χ3n) is 16.0. The van der Waals surface area contributed by atoms with Crippen molar-refractivity contribution in [2.45, 2.75) is 406 Å². The maximum atomic E-state index is 12.9. The highest BCUT2D eigenvalue weighted by molar-refractivity contribution is 5.71. The molecule has 6 nitrogen and oxygen atoms in total. The molecule has 0 aliphatic rings. The fraction of sp³-hybridized carbons (Fsp3) is 0.929. The topological polar surface area (TPSA) is 78.9 Å². The van der Waals surface area contributed by atoms with Gasteiger partial charge in [0.1, 0.15) is 13.2 Å². The molecule has 1 unspecified atom stereocenters. The number of carbonyl (C=O) groups excluding carboxylic acids is 3. The second kappa shape index (κ2) is 65.7. The second-order valence-electron chi connectivity index (χ2n) is 23.8. The Bertz CT molecular complexity index is 1180. The molecule has 0 bridgehead atoms. The lowest BCUT2D eigenvalue weighted by Crippen LogP contribution is -2.30. The SMILES string of the molecule is CCCCCCCCCC/C=C\CCCCCCCCCCCC(=O)OC(COC(=O)CCCCCCCCCCCCCC)COC(=O)CCCCCCCCCCCCCCCCCCCCCCCCCCC. The summed E-state index contributed by atoms with van der Waals surface area (Å²) in [7, 11) is 0. The number of unbranched alkanes of at least 4 members (excludes halogenated alkanes) is 52. The smallest absolute Gasteiger partial charge is 0.306 e. The van der Waals surface area contributed by atoms with Crippen molar-refractivity contribution in [3.63, 3.8) is 0 Å². The van der Waals surface area contributed by atoms with Gasteiger partial charge in [-0.25, -0.2) is 0 Å². The van der Waals surface area contributed by atoms with E-state index in [0.717, 1.165) is 57.8 Å². The molecule has 0 saturated heterocycles. The van der Waals surface area contributed by atoms with Gasteiger partial charge in [-0.05, 0) is 44.9 Å². The molecular weight excluding hydrogens is 937 g/mol. The van der Waals surface area contributed by atoms with Crippen LogP contribution in [0.25, 0.3) is 0 Å². The number of hydrogen-bond donors (Lipinski definition) is 0. The van der Waals surface area contributed by atoms with Gasteiger partial charge in [0.15, 0.2) is 6.10 Å². The predicted octanol–water partition coefficient (Wildman–Crippen LogP) is 23.6. The zero-order valence-corrected chi connectivity index (χ0v) is 51.8. The third-order valence-corrected chi connectivity index (χ3v) is 16.0. The lowest BCUT2D eigenvalue weighted by atomic mass is 10.0. The van der Waals surface area contributed by atoms with Gasteiger partial charge in [0.05, 0.1) is 0 Å². The van der Waals surface area contributed by atoms with Crippen molar-refractivity contribution in [2.24, 2.45) is 0 Å². The van der Waals surface area contributed by atoms with Gasteiger partial charge in [-0.15, -0.1) is 0 Å². The molecule has 0 aliphatic heterocycles. The first-order chi connectivity index (χ1) is 37.5. The molecule has 1 atom stereocenters. The molecule has 0 aliphatic carbocycles. The molecule has 0 heterocycles. The Hall–Kier alpha value is -1.85. The van der Waals surface area contributed by atoms with Gasteiger partial charge in [0.25, 0.3) is 0 Å². The van der Waals surface area contributed by atoms with E-state index in [1.807, 2.05) is 0 Å². The lowest BCUT2D eigenvalue weighted by molar-refractivity contribution is -0.167. The number of esters is 3. The van der Waals surface area contributed by atoms with Crippen molar-refractivity contribution >= 4 is 17.9 Å². The summed E-state index contributed by atoms with van der Waals surface area (Å²) in [6.07, 6.45) is 78.1. The van der Waals surface area contributed by atoms with E-state index in [1.54, 1.807) is 0 Å². The summed E-state index contributed by atoms with van der Waals surface area (Å²) < 4.78 is 17.0. The first-order valence-corrected chi connectivity index (χ1v) is 34.7. The number of carbonyl (C=O) groups is 3. The van der Waals surface area contributed by atoms with Crippen LogP contribution in [0.4, 0.5) is 0 Å². The van der Waals surface area contributed by atoms with E-state index in [9.17, 15) is 14.4 Å². The summed E-state index contributed by atoms with van der Waals surface area (Å²) in [6.45, 7) is 6.72. The van der Waals surface area contributed by atoms with E-state index in [-0.39, 0.29) is 31.1 Å². The van der Waals surface area contributed by atoms with E-state index >= 15 is 0 Å². The van der Waals surface area contributed by atoms with Crippen molar-refractivity contribution in [1.29, 1.82) is 0 Å². The summed E-state index contributed by atoms with van der Waals surface area (Å²) >= 11 is 0. The lowest BCUT2D eigenvalue weighted by Gasteiger charge is -2.18. The van der Waals surface area contributed by atoms with Crippen molar-refractivity contribution in [3.8, 4) is 0 Å². The monoisotopic (exact) mass is 1070 g/mol. The van der Waals surface area contributed by atoms with Gasteiger partial charge in [0, 0.05) is 19.3 Å². The molecule has 0 spiro atoms. The van der Waals surface area contributed by atoms with Gasteiger partial charge in [-0.2, -0.15) is 0 Å². The largest absolute Gasteiger partial charge is 0.462 e. The van der Waals surface area contributed by atoms with Crippen LogP contribution in [0.1, 0.15) is 400 Å². The second-order valence-corrected chi connectivity index (χ2v) is 23.8. The highest BCUT2D eigenvalue weighted by atomic mass is 16.6. The van der Waals surface area contributed by atoms with Crippen LogP contribution in [0.3, 0.4) is 0 Å². The normalized spacial score (nSPS) is 12.0. The Balaban J connectivity index is 4.19. The molecule has 0 amide bonds. The Kier molecular flexibility index (Phi) is 64.1. The molecular formula is C70H134O6. The van der Waals surface area contributed by atoms with Gasteiger partial charge < -0.3 is 14.2 Å². The van der Waals surface area contributed by atoms with Crippen LogP contribution in [0.2, 0.25) is 0 Å². The molecule has 0 saturated carbocycles. The van der Waals surface area contributed by atoms with Crippen LogP contribution in [0.5, 0.6) is 0 Å². The molecule has 450 valence electrons. The number of rotatable bonds is 65. The molecule has 0 radical (unpaired) electrons. The molecule has 6 heteroatoms. The molecule has 0 aromatic rings. The van der Waals surface area contributed by atoms with Crippen molar-refractivity contribution in [3.05, 3.63) is 12.2 Å². The summed E-state index contributed by atoms with van der Waals surface area (Å²) in [5.41, 5.74) is 0. The molecule has 0 aromatic carbocycles. The molecule has 76 heavy (non-hydrogen) atoms. The molecule has 0 N–H and O–H groups in total. The summed E-state index contributed by atoms with van der Waals surface area (Å²) in [6, 6.07) is 0. The Labute approximate surface area is 475 Å². The van der Waals surface area contributed by atoms with Crippen LogP contribution in [-0.4, -0.2) is 37.2 Å². The maximum absolute atomic E-state index is 12.9. The van der Waals surface area contributed by atoms with Crippen LogP contribution < -0.4 is 0 Å². The first-order valence-electron chi connectivity index (χ1n) is 34.7. The maximum Gasteiger partial charge on any atom is 0.306 e. The Morgan fingerprint density at radius 2 is 0.434 bits per heavy atom. The third kappa shape index (κ3) is 63.0. The average Bonchev–Trinajstić information content (AvgIpc) is 3.42. The highest BCUT2D eigenvalue weighted by Crippen LogP contribution is 2.19. The minimum absolute atomic E-state index is 0.0640. The summed E-state index contributed by atoms with van der Waals surface area (Å²) in [5, 5.41) is 0. The van der Waals surface area contributed by atoms with Crippen LogP contribution in [0, 0.1) is 0 Å². The molecule has 0 aromatic heterocycles. The van der Waals surface area contributed by atoms with Crippen LogP contribution in [-0.2, 0) is 28.6 Å². The molecule has 0 fully saturated rings. The van der Waals surface area contributed by atoms with Gasteiger partial charge in [-0.3, -0.25) is 14.4 Å². The molecule has 0 rings (SSSR count). The zero-order valence-electron chi connectivity index (χ0n) is 51.8. The van der Waals surface area contributed by atoms with Crippen LogP contribution >= 0.6 is 0 Å². The zero-order chi connectivity index (χ0) is 55.0. The van der Waals surface area contributed by atoms with E-state index in [4.69, 9.17) is 14.2 Å². The minimum atomic E-state index is -0.767. The fourth-order valence-electron chi connectivity index (χ4n) is 10.8. The number of allylic oxidation sites excluding steroid dienone is 2. The van der Waals surface area contributed by atoms with E-state index < -0.39 is 6.10 Å². The van der Waals surface area contributed by atoms with E-state index in [0.29, 0.717) is 19.3 Å². The number of ether oxygens (including phenoxy) is 3. The highest BCUT2D eigenvalue weighted by Gasteiger charge is 2.19. The average molecular weight is 1070 g/mol. The Morgan fingerprint density at radius 1 is 0.250 bits per heavy atom. The van der Waals surface area contributed by atoms with Crippen LogP contribution in [0.15, 0.2) is 12.2 Å². The van der Waals surface area contributed by atoms with Crippen molar-refractivity contribution < 1.29 is 28.6 Å².